The topological polar surface area (TPSA) is 72.8 Å². The fourth-order valence-electron chi connectivity index (χ4n) is 3.53. The molecule has 3 rings (SSSR count). The van der Waals surface area contributed by atoms with Crippen LogP contribution in [0.4, 0.5) is 0 Å². The first-order chi connectivity index (χ1) is 9.16. The summed E-state index contributed by atoms with van der Waals surface area (Å²) in [5, 5.41) is 9.27. The van der Waals surface area contributed by atoms with E-state index in [9.17, 15) is 14.7 Å². The highest BCUT2D eigenvalue weighted by molar-refractivity contribution is 5.83. The van der Waals surface area contributed by atoms with Gasteiger partial charge in [0.25, 0.3) is 0 Å². The molecule has 5 nitrogen and oxygen atoms in total. The fourth-order valence-corrected chi connectivity index (χ4v) is 3.53. The second-order valence-corrected chi connectivity index (χ2v) is 5.60. The molecule has 1 heterocycles. The predicted octanol–water partition coefficient (Wildman–Crippen LogP) is 1.23. The third-order valence-corrected chi connectivity index (χ3v) is 4.45. The zero-order valence-electron chi connectivity index (χ0n) is 10.7. The lowest BCUT2D eigenvalue weighted by Crippen LogP contribution is -2.35. The molecule has 5 heteroatoms. The Hall–Kier alpha value is -1.36. The van der Waals surface area contributed by atoms with E-state index in [1.165, 1.54) is 0 Å². The molecule has 2 bridgehead atoms. The van der Waals surface area contributed by atoms with Gasteiger partial charge in [0, 0.05) is 6.61 Å². The molecule has 5 atom stereocenters. The third kappa shape index (κ3) is 2.27. The molecular formula is C14H18O5. The number of hydrogen-bond acceptors (Lipinski definition) is 4. The van der Waals surface area contributed by atoms with Crippen LogP contribution in [-0.2, 0) is 19.1 Å². The van der Waals surface area contributed by atoms with Gasteiger partial charge in [0.1, 0.15) is 6.61 Å². The smallest absolute Gasteiger partial charge is 0.310 e. The van der Waals surface area contributed by atoms with Crippen molar-refractivity contribution in [1.29, 1.82) is 0 Å². The Kier molecular flexibility index (Phi) is 3.31. The molecular weight excluding hydrogens is 248 g/mol. The Morgan fingerprint density at radius 2 is 2.00 bits per heavy atom. The van der Waals surface area contributed by atoms with Crippen molar-refractivity contribution >= 4 is 11.9 Å². The van der Waals surface area contributed by atoms with Gasteiger partial charge in [0.15, 0.2) is 0 Å². The number of aliphatic carboxylic acids is 1. The summed E-state index contributed by atoms with van der Waals surface area (Å²) in [6.45, 7) is 0.972. The van der Waals surface area contributed by atoms with Crippen LogP contribution in [0, 0.1) is 23.7 Å². The van der Waals surface area contributed by atoms with Gasteiger partial charge in [0.05, 0.1) is 17.9 Å². The summed E-state index contributed by atoms with van der Waals surface area (Å²) < 4.78 is 10.7. The molecule has 0 aromatic carbocycles. The van der Waals surface area contributed by atoms with Crippen LogP contribution in [0.3, 0.4) is 0 Å². The molecule has 0 aromatic rings. The van der Waals surface area contributed by atoms with Crippen molar-refractivity contribution in [2.75, 3.05) is 13.2 Å². The van der Waals surface area contributed by atoms with E-state index in [1.54, 1.807) is 0 Å². The number of esters is 1. The van der Waals surface area contributed by atoms with Gasteiger partial charge in [-0.25, -0.2) is 0 Å². The molecule has 1 aliphatic heterocycles. The van der Waals surface area contributed by atoms with Crippen LogP contribution in [0.2, 0.25) is 0 Å². The molecule has 19 heavy (non-hydrogen) atoms. The minimum Gasteiger partial charge on any atom is -0.481 e. The number of carbonyl (C=O) groups is 2. The maximum atomic E-state index is 12.1. The highest BCUT2D eigenvalue weighted by Crippen LogP contribution is 2.48. The first-order valence-corrected chi connectivity index (χ1v) is 6.86. The second-order valence-electron chi connectivity index (χ2n) is 5.60. The highest BCUT2D eigenvalue weighted by atomic mass is 16.6. The number of rotatable bonds is 4. The van der Waals surface area contributed by atoms with Crippen LogP contribution in [0.15, 0.2) is 12.2 Å². The zero-order chi connectivity index (χ0) is 13.4. The summed E-state index contributed by atoms with van der Waals surface area (Å²) in [6.07, 6.45) is 6.54. The van der Waals surface area contributed by atoms with Crippen molar-refractivity contribution in [3.05, 3.63) is 12.2 Å². The molecule has 1 saturated carbocycles. The van der Waals surface area contributed by atoms with E-state index in [0.717, 1.165) is 25.9 Å². The van der Waals surface area contributed by atoms with Crippen LogP contribution < -0.4 is 0 Å². The van der Waals surface area contributed by atoms with Crippen molar-refractivity contribution < 1.29 is 24.2 Å². The molecule has 1 N–H and O–H groups in total. The van der Waals surface area contributed by atoms with E-state index < -0.39 is 17.8 Å². The summed E-state index contributed by atoms with van der Waals surface area (Å²) in [7, 11) is 0. The molecule has 3 aliphatic rings. The van der Waals surface area contributed by atoms with Gasteiger partial charge in [-0.15, -0.1) is 0 Å². The molecule has 104 valence electrons. The quantitative estimate of drug-likeness (QED) is 0.612. The largest absolute Gasteiger partial charge is 0.481 e. The maximum Gasteiger partial charge on any atom is 0.310 e. The van der Waals surface area contributed by atoms with Crippen molar-refractivity contribution in [3.8, 4) is 0 Å². The van der Waals surface area contributed by atoms with E-state index in [1.807, 2.05) is 12.2 Å². The maximum absolute atomic E-state index is 12.1. The number of hydrogen-bond donors (Lipinski definition) is 1. The van der Waals surface area contributed by atoms with Gasteiger partial charge in [0.2, 0.25) is 0 Å². The van der Waals surface area contributed by atoms with E-state index in [-0.39, 0.29) is 30.5 Å². The average molecular weight is 266 g/mol. The highest BCUT2D eigenvalue weighted by Gasteiger charge is 2.52. The van der Waals surface area contributed by atoms with Gasteiger partial charge < -0.3 is 14.6 Å². The molecule has 2 aliphatic carbocycles. The molecule has 2 fully saturated rings. The fraction of sp³-hybridized carbons (Fsp3) is 0.714. The number of fused-ring (bicyclic) bond motifs is 2. The predicted molar refractivity (Wildman–Crippen MR) is 65.3 cm³/mol. The summed E-state index contributed by atoms with van der Waals surface area (Å²) in [4.78, 5) is 23.4. The van der Waals surface area contributed by atoms with Crippen LogP contribution >= 0.6 is 0 Å². The SMILES string of the molecule is O=C(O)[C@@H]1[C@@H](C(=O)OC[C@H]2CCCO2)[C@H]2C=C[C@H]1C2. The summed E-state index contributed by atoms with van der Waals surface area (Å²) >= 11 is 0. The Morgan fingerprint density at radius 1 is 1.26 bits per heavy atom. The Morgan fingerprint density at radius 3 is 2.63 bits per heavy atom. The van der Waals surface area contributed by atoms with Crippen molar-refractivity contribution in [3.63, 3.8) is 0 Å². The van der Waals surface area contributed by atoms with E-state index in [2.05, 4.69) is 0 Å². The molecule has 1 saturated heterocycles. The Balaban J connectivity index is 1.62. The summed E-state index contributed by atoms with van der Waals surface area (Å²) in [5.74, 6) is -2.39. The van der Waals surface area contributed by atoms with E-state index in [4.69, 9.17) is 9.47 Å². The van der Waals surface area contributed by atoms with Crippen molar-refractivity contribution in [2.45, 2.75) is 25.4 Å². The number of allylic oxidation sites excluding steroid dienone is 2. The summed E-state index contributed by atoms with van der Waals surface area (Å²) in [5.41, 5.74) is 0. The minimum atomic E-state index is -0.893. The Bertz CT molecular complexity index is 410. The minimum absolute atomic E-state index is 0.0113. The van der Waals surface area contributed by atoms with Crippen LogP contribution in [-0.4, -0.2) is 36.4 Å². The lowest BCUT2D eigenvalue weighted by Gasteiger charge is -2.23. The lowest BCUT2D eigenvalue weighted by molar-refractivity contribution is -0.160. The summed E-state index contributed by atoms with van der Waals surface area (Å²) in [6, 6.07) is 0. The van der Waals surface area contributed by atoms with Crippen LogP contribution in [0.5, 0.6) is 0 Å². The molecule has 0 amide bonds. The number of carbonyl (C=O) groups excluding carboxylic acids is 1. The van der Waals surface area contributed by atoms with Gasteiger partial charge in [-0.2, -0.15) is 0 Å². The lowest BCUT2D eigenvalue weighted by atomic mass is 9.83. The second kappa shape index (κ2) is 4.96. The third-order valence-electron chi connectivity index (χ3n) is 4.45. The average Bonchev–Trinajstić information content (AvgIpc) is 3.10. The van der Waals surface area contributed by atoms with Gasteiger partial charge in [-0.05, 0) is 31.1 Å². The number of ether oxygens (including phenoxy) is 2. The van der Waals surface area contributed by atoms with E-state index >= 15 is 0 Å². The molecule has 0 unspecified atom stereocenters. The van der Waals surface area contributed by atoms with Crippen molar-refractivity contribution in [2.24, 2.45) is 23.7 Å². The number of carboxylic acids is 1. The van der Waals surface area contributed by atoms with Crippen molar-refractivity contribution in [1.82, 2.24) is 0 Å². The molecule has 0 radical (unpaired) electrons. The van der Waals surface area contributed by atoms with Crippen LogP contribution in [0.1, 0.15) is 19.3 Å². The standard InChI is InChI=1S/C14H18O5/c15-13(16)11-8-3-4-9(6-8)12(11)14(17)19-7-10-2-1-5-18-10/h3-4,8-12H,1-2,5-7H2,(H,15,16)/t8-,9-,10+,11-,12-/m0/s1. The Labute approximate surface area is 111 Å². The first kappa shape index (κ1) is 12.7. The van der Waals surface area contributed by atoms with E-state index in [0.29, 0.717) is 0 Å². The monoisotopic (exact) mass is 266 g/mol. The van der Waals surface area contributed by atoms with Crippen LogP contribution in [0.25, 0.3) is 0 Å². The molecule has 0 aromatic heterocycles. The normalized spacial score (nSPS) is 39.7. The van der Waals surface area contributed by atoms with Gasteiger partial charge >= 0.3 is 11.9 Å². The van der Waals surface area contributed by atoms with Gasteiger partial charge in [-0.1, -0.05) is 12.2 Å². The van der Waals surface area contributed by atoms with Gasteiger partial charge in [-0.3, -0.25) is 9.59 Å². The first-order valence-electron chi connectivity index (χ1n) is 6.86. The zero-order valence-corrected chi connectivity index (χ0v) is 10.7. The number of carboxylic acid groups (broad SMARTS) is 1. The molecule has 0 spiro atoms.